The van der Waals surface area contributed by atoms with E-state index >= 15 is 0 Å². The van der Waals surface area contributed by atoms with E-state index in [0.717, 1.165) is 16.5 Å². The summed E-state index contributed by atoms with van der Waals surface area (Å²) in [5.74, 6) is 0.175. The van der Waals surface area contributed by atoms with Gasteiger partial charge in [-0.25, -0.2) is 0 Å². The number of H-pyrrole nitrogens is 1. The van der Waals surface area contributed by atoms with Crippen molar-refractivity contribution >= 4 is 16.7 Å². The Morgan fingerprint density at radius 1 is 1.54 bits per heavy atom. The standard InChI is InChI=1S/C10H10N2O/c1-7(13)5-8-3-2-4-10-9(8)6-11-12-10/h2-4,6H,5H2,1H3,(H,11,12). The minimum atomic E-state index is 0.175. The highest BCUT2D eigenvalue weighted by atomic mass is 16.1. The highest BCUT2D eigenvalue weighted by Crippen LogP contribution is 2.16. The predicted octanol–water partition coefficient (Wildman–Crippen LogP) is 1.69. The number of nitrogens with zero attached hydrogens (tertiary/aromatic N) is 1. The van der Waals surface area contributed by atoms with Crippen molar-refractivity contribution in [2.45, 2.75) is 13.3 Å². The smallest absolute Gasteiger partial charge is 0.134 e. The molecule has 3 heteroatoms. The molecule has 0 saturated heterocycles. The first-order valence-corrected chi connectivity index (χ1v) is 4.18. The average Bonchev–Trinajstić information content (AvgIpc) is 2.51. The minimum Gasteiger partial charge on any atom is -0.300 e. The van der Waals surface area contributed by atoms with Crippen LogP contribution in [0.4, 0.5) is 0 Å². The third-order valence-corrected chi connectivity index (χ3v) is 2.01. The van der Waals surface area contributed by atoms with Gasteiger partial charge in [0.05, 0.1) is 11.7 Å². The van der Waals surface area contributed by atoms with Crippen LogP contribution < -0.4 is 0 Å². The Bertz CT molecular complexity index is 445. The Kier molecular flexibility index (Phi) is 1.85. The van der Waals surface area contributed by atoms with Crippen LogP contribution in [0.3, 0.4) is 0 Å². The van der Waals surface area contributed by atoms with E-state index in [-0.39, 0.29) is 5.78 Å². The van der Waals surface area contributed by atoms with Crippen molar-refractivity contribution in [3.63, 3.8) is 0 Å². The largest absolute Gasteiger partial charge is 0.300 e. The van der Waals surface area contributed by atoms with E-state index in [1.54, 1.807) is 13.1 Å². The number of aromatic nitrogens is 2. The van der Waals surface area contributed by atoms with Crippen LogP contribution in [-0.4, -0.2) is 16.0 Å². The molecular weight excluding hydrogens is 164 g/mol. The number of ketones is 1. The SMILES string of the molecule is CC(=O)Cc1cccc2[nH]ncc12. The lowest BCUT2D eigenvalue weighted by atomic mass is 10.1. The molecule has 0 aliphatic rings. The first-order chi connectivity index (χ1) is 6.27. The van der Waals surface area contributed by atoms with E-state index in [4.69, 9.17) is 0 Å². The summed E-state index contributed by atoms with van der Waals surface area (Å²) >= 11 is 0. The summed E-state index contributed by atoms with van der Waals surface area (Å²) in [6.45, 7) is 1.60. The molecule has 66 valence electrons. The van der Waals surface area contributed by atoms with E-state index in [0.29, 0.717) is 6.42 Å². The molecule has 0 aliphatic carbocycles. The molecular formula is C10H10N2O. The first kappa shape index (κ1) is 7.98. The van der Waals surface area contributed by atoms with Gasteiger partial charge in [-0.05, 0) is 18.6 Å². The number of carbonyl (C=O) groups excluding carboxylic acids is 1. The van der Waals surface area contributed by atoms with Crippen LogP contribution in [0.15, 0.2) is 24.4 Å². The van der Waals surface area contributed by atoms with E-state index in [1.165, 1.54) is 0 Å². The monoisotopic (exact) mass is 174 g/mol. The summed E-state index contributed by atoms with van der Waals surface area (Å²) < 4.78 is 0. The number of Topliss-reactive ketones (excluding diaryl/α,β-unsaturated/α-hetero) is 1. The van der Waals surface area contributed by atoms with Gasteiger partial charge in [-0.2, -0.15) is 5.10 Å². The van der Waals surface area contributed by atoms with E-state index in [1.807, 2.05) is 18.2 Å². The third-order valence-electron chi connectivity index (χ3n) is 2.01. The molecule has 0 atom stereocenters. The molecule has 0 unspecified atom stereocenters. The van der Waals surface area contributed by atoms with Crippen molar-refractivity contribution in [1.29, 1.82) is 0 Å². The van der Waals surface area contributed by atoms with Crippen LogP contribution in [0.5, 0.6) is 0 Å². The van der Waals surface area contributed by atoms with Gasteiger partial charge in [0.1, 0.15) is 5.78 Å². The van der Waals surface area contributed by atoms with E-state index in [2.05, 4.69) is 10.2 Å². The van der Waals surface area contributed by atoms with Gasteiger partial charge in [0.25, 0.3) is 0 Å². The van der Waals surface area contributed by atoms with Gasteiger partial charge in [-0.3, -0.25) is 9.89 Å². The molecule has 0 saturated carbocycles. The number of hydrogen-bond donors (Lipinski definition) is 1. The Balaban J connectivity index is 2.54. The molecule has 3 nitrogen and oxygen atoms in total. The van der Waals surface area contributed by atoms with Crippen molar-refractivity contribution in [3.8, 4) is 0 Å². The van der Waals surface area contributed by atoms with Crippen molar-refractivity contribution in [1.82, 2.24) is 10.2 Å². The Labute approximate surface area is 75.8 Å². The number of aromatic amines is 1. The Morgan fingerprint density at radius 2 is 2.38 bits per heavy atom. The molecule has 0 aliphatic heterocycles. The number of hydrogen-bond acceptors (Lipinski definition) is 2. The molecule has 2 rings (SSSR count). The second kappa shape index (κ2) is 3.01. The molecule has 1 heterocycles. The zero-order valence-electron chi connectivity index (χ0n) is 7.37. The van der Waals surface area contributed by atoms with Gasteiger partial charge >= 0.3 is 0 Å². The maximum atomic E-state index is 10.9. The molecule has 1 aromatic heterocycles. The minimum absolute atomic E-state index is 0.175. The van der Waals surface area contributed by atoms with Gasteiger partial charge in [-0.15, -0.1) is 0 Å². The Hall–Kier alpha value is -1.64. The summed E-state index contributed by atoms with van der Waals surface area (Å²) in [5.41, 5.74) is 2.03. The van der Waals surface area contributed by atoms with Crippen LogP contribution >= 0.6 is 0 Å². The summed E-state index contributed by atoms with van der Waals surface area (Å²) in [6, 6.07) is 5.84. The first-order valence-electron chi connectivity index (χ1n) is 4.18. The molecule has 0 bridgehead atoms. The van der Waals surface area contributed by atoms with Gasteiger partial charge < -0.3 is 0 Å². The number of carbonyl (C=O) groups is 1. The van der Waals surface area contributed by atoms with Crippen molar-refractivity contribution < 1.29 is 4.79 Å². The fourth-order valence-electron chi connectivity index (χ4n) is 1.45. The van der Waals surface area contributed by atoms with Crippen LogP contribution in [0, 0.1) is 0 Å². The van der Waals surface area contributed by atoms with Gasteiger partial charge in [0, 0.05) is 11.8 Å². The average molecular weight is 174 g/mol. The highest BCUT2D eigenvalue weighted by molar-refractivity contribution is 5.87. The molecule has 2 aromatic rings. The van der Waals surface area contributed by atoms with Gasteiger partial charge in [-0.1, -0.05) is 12.1 Å². The number of nitrogens with one attached hydrogen (secondary N) is 1. The third kappa shape index (κ3) is 1.45. The van der Waals surface area contributed by atoms with Crippen LogP contribution in [0.1, 0.15) is 12.5 Å². The maximum absolute atomic E-state index is 10.9. The summed E-state index contributed by atoms with van der Waals surface area (Å²) in [4.78, 5) is 10.9. The molecule has 13 heavy (non-hydrogen) atoms. The zero-order chi connectivity index (χ0) is 9.26. The van der Waals surface area contributed by atoms with Crippen LogP contribution in [0.2, 0.25) is 0 Å². The van der Waals surface area contributed by atoms with Crippen molar-refractivity contribution in [2.75, 3.05) is 0 Å². The van der Waals surface area contributed by atoms with Crippen LogP contribution in [-0.2, 0) is 11.2 Å². The summed E-state index contributed by atoms with van der Waals surface area (Å²) in [7, 11) is 0. The quantitative estimate of drug-likeness (QED) is 0.753. The molecule has 1 aromatic carbocycles. The lowest BCUT2D eigenvalue weighted by molar-refractivity contribution is -0.116. The van der Waals surface area contributed by atoms with Crippen LogP contribution in [0.25, 0.3) is 10.9 Å². The van der Waals surface area contributed by atoms with Crippen molar-refractivity contribution in [3.05, 3.63) is 30.0 Å². The lowest BCUT2D eigenvalue weighted by Gasteiger charge is -1.98. The summed E-state index contributed by atoms with van der Waals surface area (Å²) in [5, 5.41) is 7.84. The number of rotatable bonds is 2. The van der Waals surface area contributed by atoms with Gasteiger partial charge in [0.15, 0.2) is 0 Å². The van der Waals surface area contributed by atoms with E-state index < -0.39 is 0 Å². The van der Waals surface area contributed by atoms with E-state index in [9.17, 15) is 4.79 Å². The molecule has 1 N–H and O–H groups in total. The van der Waals surface area contributed by atoms with Gasteiger partial charge in [0.2, 0.25) is 0 Å². The fourth-order valence-corrected chi connectivity index (χ4v) is 1.45. The lowest BCUT2D eigenvalue weighted by Crippen LogP contribution is -1.96. The molecule has 0 radical (unpaired) electrons. The maximum Gasteiger partial charge on any atom is 0.134 e. The molecule has 0 amide bonds. The second-order valence-electron chi connectivity index (χ2n) is 3.13. The molecule has 0 spiro atoms. The fraction of sp³-hybridized carbons (Fsp3) is 0.200. The van der Waals surface area contributed by atoms with Crippen molar-refractivity contribution in [2.24, 2.45) is 0 Å². The zero-order valence-corrected chi connectivity index (χ0v) is 7.37. The number of fused-ring (bicyclic) bond motifs is 1. The second-order valence-corrected chi connectivity index (χ2v) is 3.13. The topological polar surface area (TPSA) is 45.8 Å². The predicted molar refractivity (Wildman–Crippen MR) is 50.5 cm³/mol. The molecule has 0 fully saturated rings. The Morgan fingerprint density at radius 3 is 3.15 bits per heavy atom. The summed E-state index contributed by atoms with van der Waals surface area (Å²) in [6.07, 6.45) is 2.24. The highest BCUT2D eigenvalue weighted by Gasteiger charge is 2.03. The number of benzene rings is 1. The normalized spacial score (nSPS) is 10.5.